The second kappa shape index (κ2) is 5.41. The van der Waals surface area contributed by atoms with Gasteiger partial charge < -0.3 is 4.74 Å². The first-order valence-corrected chi connectivity index (χ1v) is 7.62. The molecule has 1 saturated carbocycles. The highest BCUT2D eigenvalue weighted by atomic mass is 79.9. The molecule has 0 spiro atoms. The molecule has 0 saturated heterocycles. The van der Waals surface area contributed by atoms with Gasteiger partial charge in [-0.15, -0.1) is 0 Å². The molecule has 3 nitrogen and oxygen atoms in total. The largest absolute Gasteiger partial charge is 0.383 e. The van der Waals surface area contributed by atoms with Crippen LogP contribution in [0.25, 0.3) is 0 Å². The number of nitrogens with zero attached hydrogens (tertiary/aromatic N) is 2. The van der Waals surface area contributed by atoms with Crippen LogP contribution in [-0.2, 0) is 16.7 Å². The Hall–Kier alpha value is 0.130. The molecular formula is C12H18Br2N2O. The lowest BCUT2D eigenvalue weighted by atomic mass is 9.85. The zero-order valence-electron chi connectivity index (χ0n) is 10.2. The molecule has 1 aromatic rings. The molecule has 1 aliphatic carbocycles. The fourth-order valence-corrected chi connectivity index (χ4v) is 4.41. The number of aromatic nitrogens is 2. The van der Waals surface area contributed by atoms with Crippen LogP contribution >= 0.6 is 31.9 Å². The summed E-state index contributed by atoms with van der Waals surface area (Å²) in [7, 11) is 1.73. The number of ether oxygens (including phenoxy) is 1. The van der Waals surface area contributed by atoms with Crippen molar-refractivity contribution < 1.29 is 4.74 Å². The van der Waals surface area contributed by atoms with Crippen LogP contribution in [0, 0.1) is 0 Å². The Bertz CT molecular complexity index is 394. The second-order valence-electron chi connectivity index (χ2n) is 4.96. The van der Waals surface area contributed by atoms with Crippen molar-refractivity contribution in [1.82, 2.24) is 9.78 Å². The van der Waals surface area contributed by atoms with Gasteiger partial charge in [0.25, 0.3) is 0 Å². The smallest absolute Gasteiger partial charge is 0.0659 e. The summed E-state index contributed by atoms with van der Waals surface area (Å²) in [5.41, 5.74) is 1.54. The third kappa shape index (κ3) is 2.76. The Morgan fingerprint density at radius 2 is 2.41 bits per heavy atom. The predicted octanol–water partition coefficient (Wildman–Crippen LogP) is 3.50. The quantitative estimate of drug-likeness (QED) is 0.763. The zero-order valence-corrected chi connectivity index (χ0v) is 13.4. The number of hydrogen-bond acceptors (Lipinski definition) is 2. The van der Waals surface area contributed by atoms with Crippen molar-refractivity contribution in [3.05, 3.63) is 16.4 Å². The van der Waals surface area contributed by atoms with E-state index in [2.05, 4.69) is 48.6 Å². The topological polar surface area (TPSA) is 27.1 Å². The standard InChI is InChI=1S/C12H18Br2N2O/c1-12(4-3-9(13)7-12)11-10(14)8-15-16(11)5-6-17-2/h8-9H,3-7H2,1-2H3. The Kier molecular flexibility index (Phi) is 4.31. The SMILES string of the molecule is COCCn1ncc(Br)c1C1(C)CCC(Br)C1. The fourth-order valence-electron chi connectivity index (χ4n) is 2.69. The van der Waals surface area contributed by atoms with Gasteiger partial charge in [-0.05, 0) is 35.2 Å². The highest BCUT2D eigenvalue weighted by Crippen LogP contribution is 2.45. The lowest BCUT2D eigenvalue weighted by molar-refractivity contribution is 0.180. The molecule has 96 valence electrons. The van der Waals surface area contributed by atoms with Crippen molar-refractivity contribution in [2.24, 2.45) is 0 Å². The Morgan fingerprint density at radius 3 is 3.00 bits per heavy atom. The first kappa shape index (κ1) is 13.6. The van der Waals surface area contributed by atoms with E-state index in [9.17, 15) is 0 Å². The average Bonchev–Trinajstić information content (AvgIpc) is 2.80. The molecule has 0 radical (unpaired) electrons. The van der Waals surface area contributed by atoms with Gasteiger partial charge in [0.1, 0.15) is 0 Å². The summed E-state index contributed by atoms with van der Waals surface area (Å²) in [6.07, 6.45) is 5.51. The third-order valence-corrected chi connectivity index (χ3v) is 4.92. The monoisotopic (exact) mass is 364 g/mol. The first-order valence-electron chi connectivity index (χ1n) is 5.91. The molecular weight excluding hydrogens is 348 g/mol. The average molecular weight is 366 g/mol. The molecule has 0 aromatic carbocycles. The summed E-state index contributed by atoms with van der Waals surface area (Å²) in [5, 5.41) is 4.44. The molecule has 5 heteroatoms. The van der Waals surface area contributed by atoms with Crippen LogP contribution in [0.1, 0.15) is 31.9 Å². The minimum Gasteiger partial charge on any atom is -0.383 e. The van der Waals surface area contributed by atoms with Crippen molar-refractivity contribution in [2.45, 2.75) is 43.0 Å². The van der Waals surface area contributed by atoms with E-state index in [-0.39, 0.29) is 5.41 Å². The molecule has 2 unspecified atom stereocenters. The number of alkyl halides is 1. The number of rotatable bonds is 4. The van der Waals surface area contributed by atoms with Gasteiger partial charge in [-0.25, -0.2) is 0 Å². The molecule has 0 amide bonds. The van der Waals surface area contributed by atoms with E-state index in [1.165, 1.54) is 25.0 Å². The van der Waals surface area contributed by atoms with E-state index < -0.39 is 0 Å². The Balaban J connectivity index is 2.27. The van der Waals surface area contributed by atoms with Crippen molar-refractivity contribution in [3.63, 3.8) is 0 Å². The maximum Gasteiger partial charge on any atom is 0.0659 e. The van der Waals surface area contributed by atoms with E-state index in [4.69, 9.17) is 4.74 Å². The lowest BCUT2D eigenvalue weighted by Crippen LogP contribution is -2.24. The summed E-state index contributed by atoms with van der Waals surface area (Å²) in [5.74, 6) is 0. The third-order valence-electron chi connectivity index (χ3n) is 3.56. The van der Waals surface area contributed by atoms with Gasteiger partial charge in [0.05, 0.1) is 29.5 Å². The molecule has 0 bridgehead atoms. The molecule has 1 aromatic heterocycles. The summed E-state index contributed by atoms with van der Waals surface area (Å²) in [6.45, 7) is 3.86. The maximum atomic E-state index is 5.14. The minimum absolute atomic E-state index is 0.219. The molecule has 1 heterocycles. The molecule has 0 N–H and O–H groups in total. The number of halogens is 2. The van der Waals surface area contributed by atoms with E-state index in [1.54, 1.807) is 7.11 Å². The van der Waals surface area contributed by atoms with Crippen LogP contribution in [0.4, 0.5) is 0 Å². The molecule has 17 heavy (non-hydrogen) atoms. The van der Waals surface area contributed by atoms with Gasteiger partial charge in [-0.2, -0.15) is 5.10 Å². The van der Waals surface area contributed by atoms with Crippen LogP contribution in [0.2, 0.25) is 0 Å². The summed E-state index contributed by atoms with van der Waals surface area (Å²) in [6, 6.07) is 0. The van der Waals surface area contributed by atoms with Gasteiger partial charge in [0, 0.05) is 17.4 Å². The maximum absolute atomic E-state index is 5.14. The highest BCUT2D eigenvalue weighted by molar-refractivity contribution is 9.10. The second-order valence-corrected chi connectivity index (χ2v) is 7.11. The fraction of sp³-hybridized carbons (Fsp3) is 0.750. The van der Waals surface area contributed by atoms with Crippen molar-refractivity contribution in [1.29, 1.82) is 0 Å². The van der Waals surface area contributed by atoms with Crippen LogP contribution < -0.4 is 0 Å². The van der Waals surface area contributed by atoms with Crippen molar-refractivity contribution in [3.8, 4) is 0 Å². The van der Waals surface area contributed by atoms with Gasteiger partial charge >= 0.3 is 0 Å². The van der Waals surface area contributed by atoms with Gasteiger partial charge in [-0.3, -0.25) is 4.68 Å². The molecule has 1 aliphatic rings. The van der Waals surface area contributed by atoms with Crippen LogP contribution in [0.15, 0.2) is 10.7 Å². The van der Waals surface area contributed by atoms with Gasteiger partial charge in [-0.1, -0.05) is 22.9 Å². The molecule has 2 rings (SSSR count). The van der Waals surface area contributed by atoms with E-state index >= 15 is 0 Å². The van der Waals surface area contributed by atoms with Crippen molar-refractivity contribution >= 4 is 31.9 Å². The molecule has 0 aliphatic heterocycles. The predicted molar refractivity (Wildman–Crippen MR) is 75.7 cm³/mol. The van der Waals surface area contributed by atoms with Crippen LogP contribution in [-0.4, -0.2) is 28.3 Å². The highest BCUT2D eigenvalue weighted by Gasteiger charge is 2.39. The summed E-state index contributed by atoms with van der Waals surface area (Å²) < 4.78 is 8.35. The van der Waals surface area contributed by atoms with Crippen LogP contribution in [0.3, 0.4) is 0 Å². The van der Waals surface area contributed by atoms with E-state index in [0.29, 0.717) is 11.4 Å². The Morgan fingerprint density at radius 1 is 1.65 bits per heavy atom. The molecule has 2 atom stereocenters. The molecule has 1 fully saturated rings. The summed E-state index contributed by atoms with van der Waals surface area (Å²) in [4.78, 5) is 0.630. The van der Waals surface area contributed by atoms with E-state index in [1.807, 2.05) is 6.20 Å². The summed E-state index contributed by atoms with van der Waals surface area (Å²) >= 11 is 7.37. The first-order chi connectivity index (χ1) is 8.07. The van der Waals surface area contributed by atoms with Gasteiger partial charge in [0.15, 0.2) is 0 Å². The minimum atomic E-state index is 0.219. The number of hydrogen-bond donors (Lipinski definition) is 0. The zero-order chi connectivity index (χ0) is 12.5. The number of methoxy groups -OCH3 is 1. The Labute approximate surface area is 119 Å². The van der Waals surface area contributed by atoms with Crippen molar-refractivity contribution in [2.75, 3.05) is 13.7 Å². The normalized spacial score (nSPS) is 28.8. The lowest BCUT2D eigenvalue weighted by Gasteiger charge is -2.25. The van der Waals surface area contributed by atoms with Gasteiger partial charge in [0.2, 0.25) is 0 Å². The van der Waals surface area contributed by atoms with Crippen LogP contribution in [0.5, 0.6) is 0 Å². The van der Waals surface area contributed by atoms with E-state index in [0.717, 1.165) is 11.0 Å².